The summed E-state index contributed by atoms with van der Waals surface area (Å²) in [6.45, 7) is 6.90. The normalized spacial score (nSPS) is 18.4. The van der Waals surface area contributed by atoms with Gasteiger partial charge in [0.15, 0.2) is 0 Å². The summed E-state index contributed by atoms with van der Waals surface area (Å²) >= 11 is 0. The number of hydrogen-bond acceptors (Lipinski definition) is 3. The van der Waals surface area contributed by atoms with Crippen LogP contribution in [0.5, 0.6) is 0 Å². The molecule has 1 aliphatic rings. The summed E-state index contributed by atoms with van der Waals surface area (Å²) in [6, 6.07) is 3.92. The molecule has 0 unspecified atom stereocenters. The molecule has 0 spiro atoms. The Morgan fingerprint density at radius 3 is 2.72 bits per heavy atom. The van der Waals surface area contributed by atoms with Gasteiger partial charge in [-0.25, -0.2) is 0 Å². The van der Waals surface area contributed by atoms with Gasteiger partial charge in [0.25, 0.3) is 0 Å². The van der Waals surface area contributed by atoms with Gasteiger partial charge in [-0.05, 0) is 39.7 Å². The summed E-state index contributed by atoms with van der Waals surface area (Å²) in [4.78, 5) is 4.48. The van der Waals surface area contributed by atoms with E-state index < -0.39 is 6.10 Å². The summed E-state index contributed by atoms with van der Waals surface area (Å²) in [5, 5.41) is 13.7. The Kier molecular flexibility index (Phi) is 4.03. The predicted octanol–water partition coefficient (Wildman–Crippen LogP) is 2.77. The van der Waals surface area contributed by atoms with Crippen molar-refractivity contribution in [2.45, 2.75) is 57.6 Å². The lowest BCUT2D eigenvalue weighted by Crippen LogP contribution is -2.38. The Hall–Kier alpha value is -0.930. The standard InChI is InChI=1S/C15H24N2O/c1-15(2,3)17-10-13(18)12-8-5-9-16-14(12)11-6-4-7-11/h5,8-9,11,13,17-18H,4,6-7,10H2,1-3H3/t13-/m0/s1. The minimum absolute atomic E-state index is 0.0276. The Balaban J connectivity index is 2.07. The smallest absolute Gasteiger partial charge is 0.0932 e. The molecular formula is C15H24N2O. The zero-order valence-corrected chi connectivity index (χ0v) is 11.6. The molecule has 0 aromatic carbocycles. The molecule has 1 fully saturated rings. The molecule has 0 aliphatic heterocycles. The third-order valence-corrected chi connectivity index (χ3v) is 3.55. The first-order valence-corrected chi connectivity index (χ1v) is 6.85. The molecule has 0 saturated heterocycles. The van der Waals surface area contributed by atoms with Crippen LogP contribution in [-0.4, -0.2) is 22.2 Å². The molecule has 1 aliphatic carbocycles. The van der Waals surface area contributed by atoms with Crippen molar-refractivity contribution in [2.75, 3.05) is 6.54 Å². The van der Waals surface area contributed by atoms with Gasteiger partial charge in [0.1, 0.15) is 0 Å². The van der Waals surface area contributed by atoms with Crippen LogP contribution < -0.4 is 5.32 Å². The van der Waals surface area contributed by atoms with Gasteiger partial charge in [-0.3, -0.25) is 4.98 Å². The number of β-amino-alcohol motifs (C(OH)–C–C–N with tert-alkyl or cyclic N) is 1. The first-order valence-electron chi connectivity index (χ1n) is 6.85. The van der Waals surface area contributed by atoms with E-state index in [1.807, 2.05) is 18.3 Å². The summed E-state index contributed by atoms with van der Waals surface area (Å²) in [5.41, 5.74) is 2.13. The Morgan fingerprint density at radius 2 is 2.17 bits per heavy atom. The van der Waals surface area contributed by atoms with Crippen LogP contribution in [0.25, 0.3) is 0 Å². The van der Waals surface area contributed by atoms with Crippen molar-refractivity contribution >= 4 is 0 Å². The quantitative estimate of drug-likeness (QED) is 0.861. The SMILES string of the molecule is CC(C)(C)NC[C@H](O)c1cccnc1C1CCC1. The highest BCUT2D eigenvalue weighted by Gasteiger charge is 2.26. The molecule has 2 N–H and O–H groups in total. The first kappa shape index (κ1) is 13.5. The van der Waals surface area contributed by atoms with Crippen LogP contribution in [0.2, 0.25) is 0 Å². The third-order valence-electron chi connectivity index (χ3n) is 3.55. The summed E-state index contributed by atoms with van der Waals surface area (Å²) < 4.78 is 0. The van der Waals surface area contributed by atoms with Crippen molar-refractivity contribution in [3.05, 3.63) is 29.6 Å². The van der Waals surface area contributed by atoms with Crippen molar-refractivity contribution in [3.63, 3.8) is 0 Å². The lowest BCUT2D eigenvalue weighted by molar-refractivity contribution is 0.160. The van der Waals surface area contributed by atoms with Gasteiger partial charge in [-0.1, -0.05) is 12.5 Å². The largest absolute Gasteiger partial charge is 0.387 e. The van der Waals surface area contributed by atoms with E-state index in [4.69, 9.17) is 0 Å². The van der Waals surface area contributed by atoms with Gasteiger partial charge < -0.3 is 10.4 Å². The lowest BCUT2D eigenvalue weighted by Gasteiger charge is -2.29. The fourth-order valence-corrected chi connectivity index (χ4v) is 2.25. The van der Waals surface area contributed by atoms with E-state index in [9.17, 15) is 5.11 Å². The molecule has 1 atom stereocenters. The Labute approximate surface area is 110 Å². The van der Waals surface area contributed by atoms with Gasteiger partial charge in [0.05, 0.1) is 6.10 Å². The molecule has 18 heavy (non-hydrogen) atoms. The van der Waals surface area contributed by atoms with Crippen LogP contribution in [0.3, 0.4) is 0 Å². The maximum atomic E-state index is 10.3. The second kappa shape index (κ2) is 5.37. The van der Waals surface area contributed by atoms with Gasteiger partial charge >= 0.3 is 0 Å². The van der Waals surface area contributed by atoms with Crippen molar-refractivity contribution < 1.29 is 5.11 Å². The number of nitrogens with zero attached hydrogens (tertiary/aromatic N) is 1. The number of hydrogen-bond donors (Lipinski definition) is 2. The number of aliphatic hydroxyl groups is 1. The topological polar surface area (TPSA) is 45.1 Å². The highest BCUT2D eigenvalue weighted by molar-refractivity contribution is 5.27. The second-order valence-corrected chi connectivity index (χ2v) is 6.25. The molecule has 0 bridgehead atoms. The van der Waals surface area contributed by atoms with Crippen LogP contribution >= 0.6 is 0 Å². The molecule has 3 heteroatoms. The van der Waals surface area contributed by atoms with Crippen molar-refractivity contribution in [2.24, 2.45) is 0 Å². The molecule has 100 valence electrons. The van der Waals surface area contributed by atoms with Crippen LogP contribution in [0, 0.1) is 0 Å². The van der Waals surface area contributed by atoms with Gasteiger partial charge in [0, 0.05) is 35.5 Å². The van der Waals surface area contributed by atoms with E-state index >= 15 is 0 Å². The average molecular weight is 248 g/mol. The van der Waals surface area contributed by atoms with Crippen LogP contribution in [0.15, 0.2) is 18.3 Å². The van der Waals surface area contributed by atoms with E-state index in [2.05, 4.69) is 31.1 Å². The van der Waals surface area contributed by atoms with Gasteiger partial charge in [-0.2, -0.15) is 0 Å². The molecule has 1 heterocycles. The summed E-state index contributed by atoms with van der Waals surface area (Å²) in [7, 11) is 0. The van der Waals surface area contributed by atoms with E-state index in [-0.39, 0.29) is 5.54 Å². The number of aromatic nitrogens is 1. The zero-order valence-electron chi connectivity index (χ0n) is 11.6. The molecule has 1 saturated carbocycles. The van der Waals surface area contributed by atoms with Crippen molar-refractivity contribution in [3.8, 4) is 0 Å². The number of aliphatic hydroxyl groups excluding tert-OH is 1. The van der Waals surface area contributed by atoms with Gasteiger partial charge in [-0.15, -0.1) is 0 Å². The van der Waals surface area contributed by atoms with E-state index in [0.29, 0.717) is 12.5 Å². The summed E-state index contributed by atoms with van der Waals surface area (Å²) in [6.07, 6.45) is 5.08. The number of rotatable bonds is 4. The molecule has 1 aromatic heterocycles. The highest BCUT2D eigenvalue weighted by Crippen LogP contribution is 2.38. The molecule has 1 aromatic rings. The molecule has 0 amide bonds. The number of pyridine rings is 1. The summed E-state index contributed by atoms with van der Waals surface area (Å²) in [5.74, 6) is 0.561. The van der Waals surface area contributed by atoms with Crippen molar-refractivity contribution in [1.29, 1.82) is 0 Å². The number of nitrogens with one attached hydrogen (secondary N) is 1. The minimum Gasteiger partial charge on any atom is -0.387 e. The third kappa shape index (κ3) is 3.30. The Morgan fingerprint density at radius 1 is 1.44 bits per heavy atom. The maximum absolute atomic E-state index is 10.3. The lowest BCUT2D eigenvalue weighted by atomic mass is 9.80. The first-order chi connectivity index (χ1) is 8.47. The van der Waals surface area contributed by atoms with Gasteiger partial charge in [0.2, 0.25) is 0 Å². The van der Waals surface area contributed by atoms with E-state index in [1.54, 1.807) is 0 Å². The van der Waals surface area contributed by atoms with Crippen LogP contribution in [-0.2, 0) is 0 Å². The molecule has 3 nitrogen and oxygen atoms in total. The molecule has 0 radical (unpaired) electrons. The fourth-order valence-electron chi connectivity index (χ4n) is 2.25. The highest BCUT2D eigenvalue weighted by atomic mass is 16.3. The van der Waals surface area contributed by atoms with Crippen LogP contribution in [0.1, 0.15) is 63.3 Å². The van der Waals surface area contributed by atoms with Crippen LogP contribution in [0.4, 0.5) is 0 Å². The predicted molar refractivity (Wildman–Crippen MR) is 73.5 cm³/mol. The zero-order chi connectivity index (χ0) is 13.2. The minimum atomic E-state index is -0.464. The monoisotopic (exact) mass is 248 g/mol. The molecular weight excluding hydrogens is 224 g/mol. The fraction of sp³-hybridized carbons (Fsp3) is 0.667. The van der Waals surface area contributed by atoms with E-state index in [0.717, 1.165) is 11.3 Å². The van der Waals surface area contributed by atoms with E-state index in [1.165, 1.54) is 19.3 Å². The Bertz CT molecular complexity index is 394. The second-order valence-electron chi connectivity index (χ2n) is 6.25. The molecule has 2 rings (SSSR count). The van der Waals surface area contributed by atoms with Crippen molar-refractivity contribution in [1.82, 2.24) is 10.3 Å². The average Bonchev–Trinajstić information content (AvgIpc) is 2.23. The maximum Gasteiger partial charge on any atom is 0.0932 e.